The highest BCUT2D eigenvalue weighted by Crippen LogP contribution is 2.31. The van der Waals surface area contributed by atoms with Gasteiger partial charge in [0.2, 0.25) is 5.91 Å². The first kappa shape index (κ1) is 21.2. The third kappa shape index (κ3) is 4.71. The van der Waals surface area contributed by atoms with E-state index in [1.165, 1.54) is 30.6 Å². The van der Waals surface area contributed by atoms with Crippen LogP contribution >= 0.6 is 0 Å². The summed E-state index contributed by atoms with van der Waals surface area (Å²) >= 11 is 0. The molecule has 1 atom stereocenters. The molecule has 1 aliphatic rings. The maximum Gasteiger partial charge on any atom is 0.416 e. The predicted molar refractivity (Wildman–Crippen MR) is 108 cm³/mol. The SMILES string of the molecule is C#CCC1CN(c2nccnc2Nc2ccc(C(F)(F)F)cc2)CCN1C(=O)C=C. The molecule has 1 fully saturated rings. The first-order valence-corrected chi connectivity index (χ1v) is 9.20. The lowest BCUT2D eigenvalue weighted by molar-refractivity contribution is -0.137. The van der Waals surface area contributed by atoms with Crippen LogP contribution in [0.5, 0.6) is 0 Å². The Kier molecular flexibility index (Phi) is 6.26. The molecule has 2 heterocycles. The van der Waals surface area contributed by atoms with E-state index in [1.807, 2.05) is 4.90 Å². The van der Waals surface area contributed by atoms with Gasteiger partial charge < -0.3 is 15.1 Å². The van der Waals surface area contributed by atoms with Gasteiger partial charge in [0.05, 0.1) is 11.6 Å². The lowest BCUT2D eigenvalue weighted by Crippen LogP contribution is -2.55. The molecule has 1 aromatic heterocycles. The number of hydrogen-bond acceptors (Lipinski definition) is 5. The van der Waals surface area contributed by atoms with Crippen LogP contribution in [0.4, 0.5) is 30.5 Å². The highest BCUT2D eigenvalue weighted by Gasteiger charge is 2.31. The van der Waals surface area contributed by atoms with E-state index in [-0.39, 0.29) is 11.9 Å². The van der Waals surface area contributed by atoms with Crippen LogP contribution in [0.15, 0.2) is 49.3 Å². The van der Waals surface area contributed by atoms with Crippen LogP contribution < -0.4 is 10.2 Å². The Morgan fingerprint density at radius 3 is 2.60 bits per heavy atom. The number of rotatable bonds is 5. The molecule has 0 bridgehead atoms. The fraction of sp³-hybridized carbons (Fsp3) is 0.286. The first-order valence-electron chi connectivity index (χ1n) is 9.20. The molecule has 0 spiro atoms. The van der Waals surface area contributed by atoms with Crippen molar-refractivity contribution in [2.75, 3.05) is 29.9 Å². The van der Waals surface area contributed by atoms with Gasteiger partial charge in [0.25, 0.3) is 0 Å². The van der Waals surface area contributed by atoms with Crippen molar-refractivity contribution in [1.82, 2.24) is 14.9 Å². The summed E-state index contributed by atoms with van der Waals surface area (Å²) in [5.41, 5.74) is -0.280. The van der Waals surface area contributed by atoms with Gasteiger partial charge in [-0.15, -0.1) is 12.3 Å². The van der Waals surface area contributed by atoms with Crippen LogP contribution in [-0.2, 0) is 11.0 Å². The van der Waals surface area contributed by atoms with E-state index >= 15 is 0 Å². The first-order chi connectivity index (χ1) is 14.3. The molecule has 9 heteroatoms. The zero-order valence-corrected chi connectivity index (χ0v) is 16.1. The highest BCUT2D eigenvalue weighted by molar-refractivity contribution is 5.87. The minimum Gasteiger partial charge on any atom is -0.350 e. The van der Waals surface area contributed by atoms with E-state index in [9.17, 15) is 18.0 Å². The van der Waals surface area contributed by atoms with Crippen molar-refractivity contribution in [3.63, 3.8) is 0 Å². The average Bonchev–Trinajstić information content (AvgIpc) is 2.73. The number of nitrogens with one attached hydrogen (secondary N) is 1. The molecular weight excluding hydrogens is 395 g/mol. The van der Waals surface area contributed by atoms with Crippen molar-refractivity contribution >= 4 is 23.2 Å². The van der Waals surface area contributed by atoms with Crippen molar-refractivity contribution in [3.8, 4) is 12.3 Å². The number of nitrogens with zero attached hydrogens (tertiary/aromatic N) is 4. The van der Waals surface area contributed by atoms with Gasteiger partial charge in [-0.3, -0.25) is 4.79 Å². The van der Waals surface area contributed by atoms with Gasteiger partial charge >= 0.3 is 6.18 Å². The van der Waals surface area contributed by atoms with Gasteiger partial charge in [0.1, 0.15) is 0 Å². The van der Waals surface area contributed by atoms with Crippen LogP contribution in [0.2, 0.25) is 0 Å². The standard InChI is InChI=1S/C21H20F3N5O/c1-3-5-17-14-28(12-13-29(17)18(30)4-2)20-19(25-10-11-26-20)27-16-8-6-15(7-9-16)21(22,23)24/h1,4,6-11,17H,2,5,12-14H2,(H,25,27). The third-order valence-corrected chi connectivity index (χ3v) is 4.75. The van der Waals surface area contributed by atoms with E-state index in [4.69, 9.17) is 6.42 Å². The summed E-state index contributed by atoms with van der Waals surface area (Å²) in [5, 5.41) is 3.02. The summed E-state index contributed by atoms with van der Waals surface area (Å²) in [4.78, 5) is 24.4. The molecular formula is C21H20F3N5O. The zero-order valence-electron chi connectivity index (χ0n) is 16.1. The highest BCUT2D eigenvalue weighted by atomic mass is 19.4. The van der Waals surface area contributed by atoms with Crippen molar-refractivity contribution in [1.29, 1.82) is 0 Å². The number of carbonyl (C=O) groups is 1. The Hall–Kier alpha value is -3.54. The summed E-state index contributed by atoms with van der Waals surface area (Å²) in [6.07, 6.45) is 5.73. The largest absolute Gasteiger partial charge is 0.416 e. The van der Waals surface area contributed by atoms with Gasteiger partial charge in [-0.25, -0.2) is 9.97 Å². The Morgan fingerprint density at radius 1 is 1.27 bits per heavy atom. The number of carbonyl (C=O) groups excluding carboxylic acids is 1. The topological polar surface area (TPSA) is 61.4 Å². The summed E-state index contributed by atoms with van der Waals surface area (Å²) in [6, 6.07) is 4.46. The maximum atomic E-state index is 12.8. The molecule has 0 radical (unpaired) electrons. The van der Waals surface area contributed by atoms with Gasteiger partial charge in [0, 0.05) is 44.1 Å². The fourth-order valence-corrected chi connectivity index (χ4v) is 3.30. The summed E-state index contributed by atoms with van der Waals surface area (Å²) in [5.74, 6) is 3.34. The van der Waals surface area contributed by atoms with Crippen molar-refractivity contribution in [2.24, 2.45) is 0 Å². The van der Waals surface area contributed by atoms with E-state index in [0.29, 0.717) is 43.4 Å². The quantitative estimate of drug-likeness (QED) is 0.599. The van der Waals surface area contributed by atoms with Gasteiger partial charge in [-0.1, -0.05) is 6.58 Å². The van der Waals surface area contributed by atoms with Crippen molar-refractivity contribution < 1.29 is 18.0 Å². The number of piperazine rings is 1. The Balaban J connectivity index is 1.81. The van der Waals surface area contributed by atoms with Crippen LogP contribution in [0, 0.1) is 12.3 Å². The van der Waals surface area contributed by atoms with E-state index in [1.54, 1.807) is 4.90 Å². The second kappa shape index (κ2) is 8.86. The van der Waals surface area contributed by atoms with Crippen LogP contribution in [0.3, 0.4) is 0 Å². The Labute approximate surface area is 172 Å². The Morgan fingerprint density at radius 2 is 1.97 bits per heavy atom. The summed E-state index contributed by atoms with van der Waals surface area (Å²) in [6.45, 7) is 4.92. The molecule has 1 aliphatic heterocycles. The number of terminal acetylenes is 1. The molecule has 1 saturated heterocycles. The van der Waals surface area contributed by atoms with Crippen LogP contribution in [0.25, 0.3) is 0 Å². The van der Waals surface area contributed by atoms with Gasteiger partial charge in [-0.05, 0) is 30.3 Å². The molecule has 6 nitrogen and oxygen atoms in total. The molecule has 0 aliphatic carbocycles. The molecule has 0 saturated carbocycles. The zero-order chi connectivity index (χ0) is 21.7. The number of aromatic nitrogens is 2. The molecule has 156 valence electrons. The molecule has 1 N–H and O–H groups in total. The van der Waals surface area contributed by atoms with E-state index < -0.39 is 11.7 Å². The molecule has 2 aromatic rings. The monoisotopic (exact) mass is 415 g/mol. The smallest absolute Gasteiger partial charge is 0.350 e. The van der Waals surface area contributed by atoms with E-state index in [2.05, 4.69) is 27.8 Å². The third-order valence-electron chi connectivity index (χ3n) is 4.75. The van der Waals surface area contributed by atoms with Crippen LogP contribution in [-0.4, -0.2) is 46.5 Å². The fourth-order valence-electron chi connectivity index (χ4n) is 3.30. The number of hydrogen-bond donors (Lipinski definition) is 1. The number of amides is 1. The normalized spacial score (nSPS) is 16.7. The lowest BCUT2D eigenvalue weighted by atomic mass is 10.1. The predicted octanol–water partition coefficient (Wildman–Crippen LogP) is 3.47. The number of benzene rings is 1. The second-order valence-corrected chi connectivity index (χ2v) is 6.67. The minimum atomic E-state index is -4.40. The summed E-state index contributed by atoms with van der Waals surface area (Å²) in [7, 11) is 0. The maximum absolute atomic E-state index is 12.8. The number of anilines is 3. The summed E-state index contributed by atoms with van der Waals surface area (Å²) < 4.78 is 38.3. The number of halogens is 3. The second-order valence-electron chi connectivity index (χ2n) is 6.67. The minimum absolute atomic E-state index is 0.183. The average molecular weight is 415 g/mol. The molecule has 1 amide bonds. The van der Waals surface area contributed by atoms with E-state index in [0.717, 1.165) is 12.1 Å². The molecule has 30 heavy (non-hydrogen) atoms. The molecule has 3 rings (SSSR count). The van der Waals surface area contributed by atoms with Crippen LogP contribution in [0.1, 0.15) is 12.0 Å². The number of alkyl halides is 3. The molecule has 1 aromatic carbocycles. The van der Waals surface area contributed by atoms with Gasteiger partial charge in [0.15, 0.2) is 11.6 Å². The van der Waals surface area contributed by atoms with Gasteiger partial charge in [-0.2, -0.15) is 13.2 Å². The Bertz CT molecular complexity index is 952. The van der Waals surface area contributed by atoms with Crippen molar-refractivity contribution in [2.45, 2.75) is 18.6 Å². The molecule has 1 unspecified atom stereocenters. The lowest BCUT2D eigenvalue weighted by Gasteiger charge is -2.41. The van der Waals surface area contributed by atoms with Crippen molar-refractivity contribution in [3.05, 3.63) is 54.9 Å².